The van der Waals surface area contributed by atoms with E-state index < -0.39 is 0 Å². The second kappa shape index (κ2) is 4.26. The lowest BCUT2D eigenvalue weighted by molar-refractivity contribution is -0.873. The third-order valence-corrected chi connectivity index (χ3v) is 3.48. The average molecular weight is 174 g/mol. The predicted octanol–water partition coefficient (Wildman–Crippen LogP) is 1.82. The van der Waals surface area contributed by atoms with Gasteiger partial charge in [-0.25, -0.2) is 0 Å². The molecule has 0 saturated heterocycles. The molecule has 0 aromatic heterocycles. The van der Waals surface area contributed by atoms with Crippen molar-refractivity contribution in [2.45, 2.75) is 26.1 Å². The molecule has 0 amide bonds. The first-order chi connectivity index (χ1) is 4.81. The maximum atomic E-state index is 2.44. The van der Waals surface area contributed by atoms with E-state index in [9.17, 15) is 0 Å². The zero-order chi connectivity index (χ0) is 9.07. The Morgan fingerprint density at radius 2 is 1.64 bits per heavy atom. The summed E-state index contributed by atoms with van der Waals surface area (Å²) < 4.78 is 1.11. The van der Waals surface area contributed by atoms with E-state index in [1.54, 1.807) is 0 Å². The second-order valence-corrected chi connectivity index (χ2v) is 8.47. The van der Waals surface area contributed by atoms with Crippen molar-refractivity contribution in [1.29, 1.82) is 0 Å². The molecule has 0 aromatic rings. The van der Waals surface area contributed by atoms with Crippen molar-refractivity contribution in [3.05, 3.63) is 0 Å². The molecule has 1 unspecified atom stereocenters. The Hall–Kier alpha value is 0.177. The number of hydrogen-bond acceptors (Lipinski definition) is 0. The molecule has 2 heteroatoms. The van der Waals surface area contributed by atoms with E-state index in [1.807, 2.05) is 0 Å². The zero-order valence-electron chi connectivity index (χ0n) is 9.02. The molecule has 0 aromatic carbocycles. The van der Waals surface area contributed by atoms with Crippen LogP contribution in [0.25, 0.3) is 0 Å². The van der Waals surface area contributed by atoms with E-state index in [1.165, 1.54) is 12.6 Å². The van der Waals surface area contributed by atoms with Gasteiger partial charge in [0.2, 0.25) is 0 Å². The Morgan fingerprint density at radius 3 is 1.91 bits per heavy atom. The molecule has 0 fully saturated rings. The molecule has 0 bridgehead atoms. The molecular formula is C9H24NSi+. The monoisotopic (exact) mass is 174 g/mol. The van der Waals surface area contributed by atoms with Crippen molar-refractivity contribution in [1.82, 2.24) is 0 Å². The lowest BCUT2D eigenvalue weighted by Crippen LogP contribution is -2.39. The zero-order valence-corrected chi connectivity index (χ0v) is 10.2. The third-order valence-electron chi connectivity index (χ3n) is 1.73. The van der Waals surface area contributed by atoms with Crippen LogP contribution in [0.3, 0.4) is 0 Å². The maximum Gasteiger partial charge on any atom is 0.0803 e. The smallest absolute Gasteiger partial charge is 0.0803 e. The van der Waals surface area contributed by atoms with Crippen molar-refractivity contribution in [3.63, 3.8) is 0 Å². The highest BCUT2D eigenvalue weighted by Crippen LogP contribution is 2.10. The molecule has 0 rings (SSSR count). The van der Waals surface area contributed by atoms with Gasteiger partial charge < -0.3 is 4.48 Å². The first kappa shape index (κ1) is 11.2. The number of quaternary nitrogens is 1. The summed E-state index contributed by atoms with van der Waals surface area (Å²) >= 11 is 0. The molecule has 0 heterocycles. The molecule has 0 N–H and O–H groups in total. The summed E-state index contributed by atoms with van der Waals surface area (Å²) in [4.78, 5) is 0. The second-order valence-electron chi connectivity index (χ2n) is 5.21. The van der Waals surface area contributed by atoms with Crippen molar-refractivity contribution in [3.8, 4) is 0 Å². The number of hydrogen-bond donors (Lipinski definition) is 0. The van der Waals surface area contributed by atoms with Gasteiger partial charge in [0.05, 0.1) is 27.7 Å². The minimum absolute atomic E-state index is 0.328. The van der Waals surface area contributed by atoms with E-state index >= 15 is 0 Å². The average Bonchev–Trinajstić information content (AvgIpc) is 1.53. The SMILES string of the molecule is CC(C[SiH](C)C)C[N+](C)(C)C. The lowest BCUT2D eigenvalue weighted by Gasteiger charge is -2.28. The molecule has 11 heavy (non-hydrogen) atoms. The summed E-state index contributed by atoms with van der Waals surface area (Å²) in [5, 5.41) is 0. The molecule has 0 aliphatic rings. The van der Waals surface area contributed by atoms with Crippen molar-refractivity contribution in [2.75, 3.05) is 27.7 Å². The Balaban J connectivity index is 3.61. The topological polar surface area (TPSA) is 0 Å². The van der Waals surface area contributed by atoms with Crippen LogP contribution in [0.15, 0.2) is 0 Å². The first-order valence-corrected chi connectivity index (χ1v) is 7.74. The van der Waals surface area contributed by atoms with Gasteiger partial charge in [0.15, 0.2) is 0 Å². The van der Waals surface area contributed by atoms with Crippen LogP contribution in [-0.4, -0.2) is 41.0 Å². The fourth-order valence-electron chi connectivity index (χ4n) is 1.81. The highest BCUT2D eigenvalue weighted by atomic mass is 28.3. The highest BCUT2D eigenvalue weighted by Gasteiger charge is 2.14. The summed E-state index contributed by atoms with van der Waals surface area (Å²) in [7, 11) is 6.50. The summed E-state index contributed by atoms with van der Waals surface area (Å²) in [6, 6.07) is 1.50. The van der Waals surface area contributed by atoms with Crippen LogP contribution in [0, 0.1) is 5.92 Å². The van der Waals surface area contributed by atoms with Crippen LogP contribution < -0.4 is 0 Å². The predicted molar refractivity (Wildman–Crippen MR) is 55.7 cm³/mol. The van der Waals surface area contributed by atoms with Gasteiger partial charge in [-0.05, 0) is 0 Å². The Bertz CT molecular complexity index is 105. The van der Waals surface area contributed by atoms with E-state index in [2.05, 4.69) is 41.2 Å². The van der Waals surface area contributed by atoms with Gasteiger partial charge in [-0.3, -0.25) is 0 Å². The molecule has 0 radical (unpaired) electrons. The Morgan fingerprint density at radius 1 is 1.18 bits per heavy atom. The van der Waals surface area contributed by atoms with Gasteiger partial charge in [0, 0.05) is 14.7 Å². The van der Waals surface area contributed by atoms with Gasteiger partial charge in [0.25, 0.3) is 0 Å². The fraction of sp³-hybridized carbons (Fsp3) is 1.00. The van der Waals surface area contributed by atoms with Crippen LogP contribution in [0.4, 0.5) is 0 Å². The van der Waals surface area contributed by atoms with Crippen LogP contribution >= 0.6 is 0 Å². The van der Waals surface area contributed by atoms with Crippen LogP contribution in [0.2, 0.25) is 19.1 Å². The van der Waals surface area contributed by atoms with Crippen LogP contribution in [0.5, 0.6) is 0 Å². The van der Waals surface area contributed by atoms with E-state index in [0.29, 0.717) is 0 Å². The van der Waals surface area contributed by atoms with Gasteiger partial charge in [-0.1, -0.05) is 26.1 Å². The van der Waals surface area contributed by atoms with Crippen molar-refractivity contribution < 1.29 is 4.48 Å². The highest BCUT2D eigenvalue weighted by molar-refractivity contribution is 6.55. The van der Waals surface area contributed by atoms with E-state index in [0.717, 1.165) is 10.4 Å². The quantitative estimate of drug-likeness (QED) is 0.450. The summed E-state index contributed by atoms with van der Waals surface area (Å²) in [5.41, 5.74) is 0. The minimum atomic E-state index is -0.328. The van der Waals surface area contributed by atoms with Gasteiger partial charge in [0.1, 0.15) is 0 Å². The van der Waals surface area contributed by atoms with E-state index in [4.69, 9.17) is 0 Å². The Labute approximate surface area is 73.6 Å². The molecule has 0 saturated carbocycles. The lowest BCUT2D eigenvalue weighted by atomic mass is 10.2. The molecule has 68 valence electrons. The van der Waals surface area contributed by atoms with Gasteiger partial charge >= 0.3 is 0 Å². The summed E-state index contributed by atoms with van der Waals surface area (Å²) in [5.74, 6) is 0.918. The third kappa shape index (κ3) is 8.08. The van der Waals surface area contributed by atoms with Crippen LogP contribution in [-0.2, 0) is 0 Å². The van der Waals surface area contributed by atoms with E-state index in [-0.39, 0.29) is 8.80 Å². The summed E-state index contributed by atoms with van der Waals surface area (Å²) in [6.07, 6.45) is 0. The maximum absolute atomic E-state index is 2.44. The molecule has 0 spiro atoms. The molecule has 1 atom stereocenters. The molecule has 0 aliphatic carbocycles. The minimum Gasteiger partial charge on any atom is -0.331 e. The Kier molecular flexibility index (Phi) is 4.33. The largest absolute Gasteiger partial charge is 0.331 e. The van der Waals surface area contributed by atoms with Crippen molar-refractivity contribution >= 4 is 8.80 Å². The molecular weight excluding hydrogens is 150 g/mol. The van der Waals surface area contributed by atoms with Gasteiger partial charge in [-0.15, -0.1) is 0 Å². The number of nitrogens with zero attached hydrogens (tertiary/aromatic N) is 1. The molecule has 0 aliphatic heterocycles. The number of rotatable bonds is 4. The first-order valence-electron chi connectivity index (χ1n) is 4.61. The van der Waals surface area contributed by atoms with Crippen LogP contribution in [0.1, 0.15) is 6.92 Å². The van der Waals surface area contributed by atoms with Gasteiger partial charge in [-0.2, -0.15) is 0 Å². The summed E-state index contributed by atoms with van der Waals surface area (Å²) in [6.45, 7) is 8.58. The standard InChI is InChI=1S/C9H24NSi/c1-9(8-11(5)6)7-10(2,3)4/h9,11H,7-8H2,1-6H3/q+1. The normalized spacial score (nSPS) is 15.5. The van der Waals surface area contributed by atoms with Crippen molar-refractivity contribution in [2.24, 2.45) is 5.92 Å². The fourth-order valence-corrected chi connectivity index (χ4v) is 3.57. The molecule has 1 nitrogen and oxygen atoms in total.